The Bertz CT molecular complexity index is 1070. The molecule has 1 heterocycles. The van der Waals surface area contributed by atoms with Crippen LogP contribution < -0.4 is 50.8 Å². The molecule has 0 unspecified atom stereocenters. The van der Waals surface area contributed by atoms with Crippen LogP contribution in [0.15, 0.2) is 101 Å². The molecule has 0 aliphatic carbocycles. The van der Waals surface area contributed by atoms with Crippen LogP contribution in [0.5, 0.6) is 0 Å². The van der Waals surface area contributed by atoms with Gasteiger partial charge in [0, 0.05) is 0 Å². The van der Waals surface area contributed by atoms with Gasteiger partial charge >= 0.3 is 0 Å². The Morgan fingerprint density at radius 1 is 0.767 bits per heavy atom. The molecule has 0 aliphatic heterocycles. The Morgan fingerprint density at radius 3 is 1.53 bits per heavy atom. The molecular formula is C24H22IN2OPS. The maximum atomic E-state index is 13.5. The van der Waals surface area contributed by atoms with E-state index in [1.807, 2.05) is 67.8 Å². The predicted molar refractivity (Wildman–Crippen MR) is 126 cm³/mol. The molecule has 3 aromatic carbocycles. The number of benzene rings is 3. The second kappa shape index (κ2) is 9.90. The largest absolute Gasteiger partial charge is 1.00 e. The monoisotopic (exact) mass is 544 g/mol. The van der Waals surface area contributed by atoms with Crippen molar-refractivity contribution in [1.29, 1.82) is 0 Å². The quantitative estimate of drug-likeness (QED) is 0.172. The maximum Gasteiger partial charge on any atom is 0.295 e. The Labute approximate surface area is 198 Å². The van der Waals surface area contributed by atoms with Crippen molar-refractivity contribution in [2.45, 2.75) is 11.9 Å². The number of rotatable bonds is 5. The third kappa shape index (κ3) is 3.98. The molecule has 6 heteroatoms. The Kier molecular flexibility index (Phi) is 7.50. The zero-order valence-electron chi connectivity index (χ0n) is 16.7. The highest BCUT2D eigenvalue weighted by atomic mass is 127. The first-order chi connectivity index (χ1) is 14.2. The van der Waals surface area contributed by atoms with Gasteiger partial charge in [0.25, 0.3) is 5.56 Å². The van der Waals surface area contributed by atoms with Crippen LogP contribution >= 0.6 is 19.0 Å². The first-order valence-corrected chi connectivity index (χ1v) is 12.4. The molecule has 0 bridgehead atoms. The maximum absolute atomic E-state index is 13.5. The summed E-state index contributed by atoms with van der Waals surface area (Å²) in [6.45, 7) is 1.83. The van der Waals surface area contributed by atoms with E-state index in [-0.39, 0.29) is 29.5 Å². The first kappa shape index (κ1) is 22.7. The molecule has 0 saturated heterocycles. The second-order valence-electron chi connectivity index (χ2n) is 6.69. The lowest BCUT2D eigenvalue weighted by Crippen LogP contribution is -3.00. The highest BCUT2D eigenvalue weighted by molar-refractivity contribution is 8.04. The third-order valence-electron chi connectivity index (χ3n) is 4.94. The number of hydrogen-bond donors (Lipinski definition) is 1. The van der Waals surface area contributed by atoms with Gasteiger partial charge in [0.2, 0.25) is 5.30 Å². The summed E-state index contributed by atoms with van der Waals surface area (Å²) in [6, 6.07) is 31.1. The summed E-state index contributed by atoms with van der Waals surface area (Å²) in [6.07, 6.45) is 1.99. The van der Waals surface area contributed by atoms with Crippen LogP contribution in [0, 0.1) is 6.92 Å². The van der Waals surface area contributed by atoms with Crippen LogP contribution in [-0.4, -0.2) is 16.2 Å². The van der Waals surface area contributed by atoms with Gasteiger partial charge in [-0.2, -0.15) is 0 Å². The fraction of sp³-hybridized carbons (Fsp3) is 0.0833. The molecule has 0 amide bonds. The Morgan fingerprint density at radius 2 is 1.17 bits per heavy atom. The van der Waals surface area contributed by atoms with Gasteiger partial charge in [0.05, 0.1) is 0 Å². The number of thioether (sulfide) groups is 1. The summed E-state index contributed by atoms with van der Waals surface area (Å²) >= 11 is 1.53. The number of aromatic nitrogens is 2. The summed E-state index contributed by atoms with van der Waals surface area (Å²) in [4.78, 5) is 21.2. The van der Waals surface area contributed by atoms with E-state index in [9.17, 15) is 4.79 Å². The normalized spacial score (nSPS) is 11.0. The van der Waals surface area contributed by atoms with E-state index in [4.69, 9.17) is 4.98 Å². The zero-order chi connectivity index (χ0) is 20.3. The van der Waals surface area contributed by atoms with Crippen LogP contribution in [0.3, 0.4) is 0 Å². The summed E-state index contributed by atoms with van der Waals surface area (Å²) < 4.78 is 0. The number of H-pyrrole nitrogens is 1. The topological polar surface area (TPSA) is 45.8 Å². The predicted octanol–water partition coefficient (Wildman–Crippen LogP) is 0.424. The van der Waals surface area contributed by atoms with Crippen LogP contribution in [0.1, 0.15) is 5.82 Å². The lowest BCUT2D eigenvalue weighted by atomic mass is 10.4. The van der Waals surface area contributed by atoms with Crippen molar-refractivity contribution >= 4 is 40.2 Å². The van der Waals surface area contributed by atoms with Gasteiger partial charge in [0.1, 0.15) is 26.8 Å². The van der Waals surface area contributed by atoms with Crippen LogP contribution in [-0.2, 0) is 0 Å². The van der Waals surface area contributed by atoms with E-state index >= 15 is 0 Å². The fourth-order valence-corrected chi connectivity index (χ4v) is 9.20. The van der Waals surface area contributed by atoms with Crippen molar-refractivity contribution in [2.24, 2.45) is 0 Å². The molecular weight excluding hydrogens is 522 g/mol. The molecule has 3 nitrogen and oxygen atoms in total. The van der Waals surface area contributed by atoms with Gasteiger partial charge in [-0.05, 0) is 49.6 Å². The molecule has 0 atom stereocenters. The van der Waals surface area contributed by atoms with Crippen LogP contribution in [0.2, 0.25) is 0 Å². The van der Waals surface area contributed by atoms with Crippen LogP contribution in [0.4, 0.5) is 0 Å². The number of hydrogen-bond acceptors (Lipinski definition) is 3. The molecule has 0 aliphatic rings. The molecule has 1 aromatic heterocycles. The average molecular weight is 544 g/mol. The zero-order valence-corrected chi connectivity index (χ0v) is 20.6. The summed E-state index contributed by atoms with van der Waals surface area (Å²) in [5, 5.41) is 4.98. The van der Waals surface area contributed by atoms with E-state index in [0.717, 1.165) is 26.2 Å². The second-order valence-corrected chi connectivity index (χ2v) is 10.8. The van der Waals surface area contributed by atoms with Gasteiger partial charge in [-0.3, -0.25) is 4.79 Å². The van der Waals surface area contributed by atoms with Gasteiger partial charge in [-0.15, -0.1) is 11.8 Å². The van der Waals surface area contributed by atoms with Crippen LogP contribution in [0.25, 0.3) is 0 Å². The van der Waals surface area contributed by atoms with Crippen molar-refractivity contribution in [1.82, 2.24) is 9.97 Å². The minimum Gasteiger partial charge on any atom is -1.00 e. The van der Waals surface area contributed by atoms with E-state index in [1.165, 1.54) is 11.8 Å². The minimum absolute atomic E-state index is 0. The summed E-state index contributed by atoms with van der Waals surface area (Å²) in [5.74, 6) is 0.635. The van der Waals surface area contributed by atoms with E-state index in [2.05, 4.69) is 41.4 Å². The highest BCUT2D eigenvalue weighted by Gasteiger charge is 2.52. The van der Waals surface area contributed by atoms with Gasteiger partial charge in [0.15, 0.2) is 7.26 Å². The highest BCUT2D eigenvalue weighted by Crippen LogP contribution is 2.54. The SMILES string of the molecule is CSc1nc(C)[nH]c(=O)c1[P+](c1ccccc1)(c1ccccc1)c1ccccc1.[I-]. The van der Waals surface area contributed by atoms with Crippen molar-refractivity contribution in [3.05, 3.63) is 107 Å². The number of nitrogens with one attached hydrogen (secondary N) is 1. The molecule has 30 heavy (non-hydrogen) atoms. The number of halogens is 1. The first-order valence-electron chi connectivity index (χ1n) is 9.39. The van der Waals surface area contributed by atoms with Gasteiger partial charge < -0.3 is 29.0 Å². The van der Waals surface area contributed by atoms with E-state index in [1.54, 1.807) is 0 Å². The molecule has 0 radical (unpaired) electrons. The summed E-state index contributed by atoms with van der Waals surface area (Å²) in [5.41, 5.74) is -0.0632. The Balaban J connectivity index is 0.00000256. The number of aryl methyl sites for hydroxylation is 1. The molecule has 0 spiro atoms. The van der Waals surface area contributed by atoms with Crippen molar-refractivity contribution < 1.29 is 24.0 Å². The Hall–Kier alpha value is -1.95. The molecule has 1 N–H and O–H groups in total. The molecule has 0 fully saturated rings. The lowest BCUT2D eigenvalue weighted by Gasteiger charge is -2.27. The minimum atomic E-state index is -2.44. The van der Waals surface area contributed by atoms with E-state index < -0.39 is 7.26 Å². The van der Waals surface area contributed by atoms with Crippen molar-refractivity contribution in [2.75, 3.05) is 6.26 Å². The standard InChI is InChI=1S/C24H21N2OPS.HI/c1-18-25-23(27)22(24(26-18)29-2)28(19-12-6-3-7-13-19,20-14-8-4-9-15-20)21-16-10-5-11-17-21;/h3-17H,1-2H3;1H. The lowest BCUT2D eigenvalue weighted by molar-refractivity contribution is -0.00000591. The average Bonchev–Trinajstić information content (AvgIpc) is 2.77. The van der Waals surface area contributed by atoms with Crippen molar-refractivity contribution in [3.8, 4) is 0 Å². The number of nitrogens with zero attached hydrogens (tertiary/aromatic N) is 1. The summed E-state index contributed by atoms with van der Waals surface area (Å²) in [7, 11) is -2.44. The van der Waals surface area contributed by atoms with Gasteiger partial charge in [-0.1, -0.05) is 54.6 Å². The third-order valence-corrected chi connectivity index (χ3v) is 10.1. The van der Waals surface area contributed by atoms with E-state index in [0.29, 0.717) is 5.82 Å². The molecule has 4 aromatic rings. The molecule has 0 saturated carbocycles. The smallest absolute Gasteiger partial charge is 0.295 e. The van der Waals surface area contributed by atoms with Crippen molar-refractivity contribution in [3.63, 3.8) is 0 Å². The molecule has 4 rings (SSSR count). The number of aromatic amines is 1. The molecule has 152 valence electrons. The van der Waals surface area contributed by atoms with Gasteiger partial charge in [-0.25, -0.2) is 4.98 Å². The fourth-order valence-electron chi connectivity index (χ4n) is 3.78.